The summed E-state index contributed by atoms with van der Waals surface area (Å²) in [6, 6.07) is 8.32. The van der Waals surface area contributed by atoms with Crippen molar-refractivity contribution in [3.8, 4) is 6.07 Å². The molecule has 2 rings (SSSR count). The first-order chi connectivity index (χ1) is 8.97. The first kappa shape index (κ1) is 13.5. The van der Waals surface area contributed by atoms with Crippen molar-refractivity contribution in [3.05, 3.63) is 34.9 Å². The Balaban J connectivity index is 2.39. The van der Waals surface area contributed by atoms with Crippen molar-refractivity contribution >= 4 is 23.2 Å². The molecule has 1 heterocycles. The summed E-state index contributed by atoms with van der Waals surface area (Å²) < 4.78 is 0. The second-order valence-electron chi connectivity index (χ2n) is 4.38. The summed E-state index contributed by atoms with van der Waals surface area (Å²) in [7, 11) is 0. The molecule has 1 N–H and O–H groups in total. The molecule has 0 unspecified atom stereocenters. The summed E-state index contributed by atoms with van der Waals surface area (Å²) in [5, 5.41) is 24.9. The molecular weight excluding hydrogens is 266 g/mol. The molecule has 1 aromatic carbocycles. The summed E-state index contributed by atoms with van der Waals surface area (Å²) in [4.78, 5) is 11.9. The van der Waals surface area contributed by atoms with Gasteiger partial charge >= 0.3 is 0 Å². The van der Waals surface area contributed by atoms with Crippen LogP contribution in [0.5, 0.6) is 0 Å². The van der Waals surface area contributed by atoms with E-state index < -0.39 is 11.6 Å². The molecule has 0 aliphatic carbocycles. The standard InChI is InChI=1S/C13H12ClN3O2/c1-9-8-13(19,10-2-4-11(14)5-3-10)17(16-9)12(18)6-7-15/h2-5,19H,6,8H2,1H3/t13-/m0/s1. The van der Waals surface area contributed by atoms with Crippen molar-refractivity contribution in [2.45, 2.75) is 25.5 Å². The number of amides is 1. The lowest BCUT2D eigenvalue weighted by Crippen LogP contribution is -2.43. The SMILES string of the molecule is CC1=NN(C(=O)CC#N)[C@@](O)(c2ccc(Cl)cc2)C1. The number of hydrogen-bond donors (Lipinski definition) is 1. The summed E-state index contributed by atoms with van der Waals surface area (Å²) in [5.74, 6) is -0.531. The van der Waals surface area contributed by atoms with Gasteiger partial charge in [-0.3, -0.25) is 4.79 Å². The van der Waals surface area contributed by atoms with Gasteiger partial charge in [-0.2, -0.15) is 15.4 Å². The molecule has 0 fully saturated rings. The van der Waals surface area contributed by atoms with Crippen LogP contribution in [-0.2, 0) is 10.5 Å². The first-order valence-corrected chi connectivity index (χ1v) is 6.07. The van der Waals surface area contributed by atoms with Crippen LogP contribution in [0.1, 0.15) is 25.3 Å². The fraction of sp³-hybridized carbons (Fsp3) is 0.308. The molecule has 19 heavy (non-hydrogen) atoms. The number of nitriles is 1. The van der Waals surface area contributed by atoms with Gasteiger partial charge in [0.2, 0.25) is 0 Å². The minimum atomic E-state index is -1.54. The van der Waals surface area contributed by atoms with E-state index in [-0.39, 0.29) is 12.8 Å². The lowest BCUT2D eigenvalue weighted by molar-refractivity contribution is -0.156. The molecule has 0 saturated carbocycles. The number of rotatable bonds is 2. The summed E-state index contributed by atoms with van der Waals surface area (Å²) >= 11 is 5.81. The van der Waals surface area contributed by atoms with E-state index in [9.17, 15) is 9.90 Å². The van der Waals surface area contributed by atoms with Gasteiger partial charge in [0.15, 0.2) is 5.72 Å². The van der Waals surface area contributed by atoms with E-state index in [1.807, 2.05) is 0 Å². The largest absolute Gasteiger partial charge is 0.365 e. The van der Waals surface area contributed by atoms with Crippen LogP contribution in [0.2, 0.25) is 5.02 Å². The molecule has 0 radical (unpaired) electrons. The number of carbonyl (C=O) groups excluding carboxylic acids is 1. The van der Waals surface area contributed by atoms with Gasteiger partial charge in [-0.25, -0.2) is 0 Å². The van der Waals surface area contributed by atoms with E-state index in [2.05, 4.69) is 5.10 Å². The number of carbonyl (C=O) groups is 1. The van der Waals surface area contributed by atoms with Crippen molar-refractivity contribution < 1.29 is 9.90 Å². The van der Waals surface area contributed by atoms with E-state index >= 15 is 0 Å². The fourth-order valence-electron chi connectivity index (χ4n) is 2.07. The van der Waals surface area contributed by atoms with E-state index in [4.69, 9.17) is 16.9 Å². The number of nitrogens with zero attached hydrogens (tertiary/aromatic N) is 3. The van der Waals surface area contributed by atoms with Crippen LogP contribution < -0.4 is 0 Å². The van der Waals surface area contributed by atoms with Crippen molar-refractivity contribution in [1.82, 2.24) is 5.01 Å². The Labute approximate surface area is 115 Å². The van der Waals surface area contributed by atoms with Crippen molar-refractivity contribution in [1.29, 1.82) is 5.26 Å². The number of benzene rings is 1. The minimum absolute atomic E-state index is 0.214. The molecular formula is C13H12ClN3O2. The van der Waals surface area contributed by atoms with Gasteiger partial charge in [-0.15, -0.1) is 0 Å². The Morgan fingerprint density at radius 1 is 1.58 bits per heavy atom. The number of hydrogen-bond acceptors (Lipinski definition) is 4. The quantitative estimate of drug-likeness (QED) is 0.898. The van der Waals surface area contributed by atoms with Gasteiger partial charge in [0, 0.05) is 22.7 Å². The van der Waals surface area contributed by atoms with Crippen LogP contribution in [0.25, 0.3) is 0 Å². The topological polar surface area (TPSA) is 76.7 Å². The Morgan fingerprint density at radius 2 is 2.21 bits per heavy atom. The van der Waals surface area contributed by atoms with Gasteiger partial charge in [0.05, 0.1) is 6.07 Å². The van der Waals surface area contributed by atoms with E-state index in [1.165, 1.54) is 0 Å². The predicted molar refractivity (Wildman–Crippen MR) is 70.2 cm³/mol. The lowest BCUT2D eigenvalue weighted by Gasteiger charge is -2.31. The second-order valence-corrected chi connectivity index (χ2v) is 4.81. The van der Waals surface area contributed by atoms with Gasteiger partial charge in [-0.1, -0.05) is 23.7 Å². The maximum absolute atomic E-state index is 11.9. The minimum Gasteiger partial charge on any atom is -0.365 e. The van der Waals surface area contributed by atoms with Crippen molar-refractivity contribution in [2.75, 3.05) is 0 Å². The highest BCUT2D eigenvalue weighted by Gasteiger charge is 2.44. The molecule has 1 aromatic rings. The third-order valence-corrected chi connectivity index (χ3v) is 3.15. The highest BCUT2D eigenvalue weighted by atomic mass is 35.5. The summed E-state index contributed by atoms with van der Waals surface area (Å²) in [6.07, 6.45) is -0.113. The van der Waals surface area contributed by atoms with Crippen molar-refractivity contribution in [3.63, 3.8) is 0 Å². The van der Waals surface area contributed by atoms with Crippen LogP contribution in [0.4, 0.5) is 0 Å². The zero-order valence-corrected chi connectivity index (χ0v) is 11.1. The molecule has 1 aliphatic rings. The van der Waals surface area contributed by atoms with Crippen LogP contribution >= 0.6 is 11.6 Å². The predicted octanol–water partition coefficient (Wildman–Crippen LogP) is 2.01. The maximum Gasteiger partial charge on any atom is 0.259 e. The molecule has 0 bridgehead atoms. The van der Waals surface area contributed by atoms with Gasteiger partial charge in [0.25, 0.3) is 5.91 Å². The zero-order valence-electron chi connectivity index (χ0n) is 10.3. The Kier molecular flexibility index (Phi) is 3.56. The average Bonchev–Trinajstić information content (AvgIpc) is 2.67. The van der Waals surface area contributed by atoms with Gasteiger partial charge in [0.1, 0.15) is 6.42 Å². The molecule has 5 nitrogen and oxygen atoms in total. The van der Waals surface area contributed by atoms with Crippen LogP contribution in [0, 0.1) is 11.3 Å². The molecule has 0 saturated heterocycles. The molecule has 1 amide bonds. The van der Waals surface area contributed by atoms with Gasteiger partial charge in [-0.05, 0) is 19.1 Å². The first-order valence-electron chi connectivity index (χ1n) is 5.70. The molecule has 98 valence electrons. The maximum atomic E-state index is 11.9. The highest BCUT2D eigenvalue weighted by Crippen LogP contribution is 2.36. The summed E-state index contributed by atoms with van der Waals surface area (Å²) in [6.45, 7) is 1.72. The van der Waals surface area contributed by atoms with Crippen LogP contribution in [0.15, 0.2) is 29.4 Å². The number of hydrazone groups is 1. The van der Waals surface area contributed by atoms with Gasteiger partial charge < -0.3 is 5.11 Å². The monoisotopic (exact) mass is 277 g/mol. The fourth-order valence-corrected chi connectivity index (χ4v) is 2.19. The molecule has 1 aliphatic heterocycles. The lowest BCUT2D eigenvalue weighted by atomic mass is 9.97. The van der Waals surface area contributed by atoms with Crippen molar-refractivity contribution in [2.24, 2.45) is 5.10 Å². The normalized spacial score (nSPS) is 22.0. The molecule has 1 atom stereocenters. The van der Waals surface area contributed by atoms with E-state index in [0.29, 0.717) is 16.3 Å². The third kappa shape index (κ3) is 2.46. The number of halogens is 1. The van der Waals surface area contributed by atoms with Crippen LogP contribution in [0.3, 0.4) is 0 Å². The zero-order chi connectivity index (χ0) is 14.0. The molecule has 0 aromatic heterocycles. The third-order valence-electron chi connectivity index (χ3n) is 2.90. The number of aliphatic hydroxyl groups is 1. The second kappa shape index (κ2) is 5.00. The molecule has 0 spiro atoms. The smallest absolute Gasteiger partial charge is 0.259 e. The highest BCUT2D eigenvalue weighted by molar-refractivity contribution is 6.30. The average molecular weight is 278 g/mol. The Bertz CT molecular complexity index is 577. The Hall–Kier alpha value is -1.90. The van der Waals surface area contributed by atoms with E-state index in [1.54, 1.807) is 37.3 Å². The van der Waals surface area contributed by atoms with Crippen LogP contribution in [-0.4, -0.2) is 21.7 Å². The Morgan fingerprint density at radius 3 is 2.79 bits per heavy atom. The summed E-state index contributed by atoms with van der Waals surface area (Å²) in [5.41, 5.74) is -0.393. The van der Waals surface area contributed by atoms with E-state index in [0.717, 1.165) is 5.01 Å². The molecule has 6 heteroatoms.